The van der Waals surface area contributed by atoms with E-state index in [1.54, 1.807) is 0 Å². The Morgan fingerprint density at radius 1 is 1.35 bits per heavy atom. The Bertz CT molecular complexity index is 588. The highest BCUT2D eigenvalue weighted by Gasteiger charge is 2.15. The van der Waals surface area contributed by atoms with Crippen LogP contribution in [-0.4, -0.2) is 21.4 Å². The SMILES string of the molecule is CCCn1c(CC(=O)CC(N)CC)nc2ccccc21. The molecule has 20 heavy (non-hydrogen) atoms. The van der Waals surface area contributed by atoms with Crippen molar-refractivity contribution in [3.8, 4) is 0 Å². The standard InChI is InChI=1S/C16H23N3O/c1-3-9-19-15-8-6-5-7-14(15)18-16(19)11-13(20)10-12(17)4-2/h5-8,12H,3-4,9-11,17H2,1-2H3. The Morgan fingerprint density at radius 2 is 2.10 bits per heavy atom. The molecule has 0 bridgehead atoms. The first-order chi connectivity index (χ1) is 9.65. The highest BCUT2D eigenvalue weighted by molar-refractivity contribution is 5.83. The molecule has 2 rings (SSSR count). The number of carbonyl (C=O) groups is 1. The second kappa shape index (κ2) is 6.66. The van der Waals surface area contributed by atoms with Crippen LogP contribution in [0.15, 0.2) is 24.3 Å². The summed E-state index contributed by atoms with van der Waals surface area (Å²) in [7, 11) is 0. The molecule has 108 valence electrons. The van der Waals surface area contributed by atoms with Crippen molar-refractivity contribution in [2.24, 2.45) is 5.73 Å². The maximum absolute atomic E-state index is 12.1. The molecular weight excluding hydrogens is 250 g/mol. The summed E-state index contributed by atoms with van der Waals surface area (Å²) >= 11 is 0. The molecule has 1 aromatic carbocycles. The third-order valence-corrected chi connectivity index (χ3v) is 3.55. The molecule has 0 spiro atoms. The van der Waals surface area contributed by atoms with Gasteiger partial charge >= 0.3 is 0 Å². The van der Waals surface area contributed by atoms with Crippen molar-refractivity contribution in [1.29, 1.82) is 0 Å². The predicted molar refractivity (Wildman–Crippen MR) is 81.6 cm³/mol. The number of aromatic nitrogens is 2. The summed E-state index contributed by atoms with van der Waals surface area (Å²) in [5.74, 6) is 1.04. The minimum atomic E-state index is -0.0356. The number of fused-ring (bicyclic) bond motifs is 1. The Kier molecular flexibility index (Phi) is 4.90. The van der Waals surface area contributed by atoms with Crippen molar-refractivity contribution in [1.82, 2.24) is 9.55 Å². The lowest BCUT2D eigenvalue weighted by molar-refractivity contribution is -0.118. The van der Waals surface area contributed by atoms with Crippen LogP contribution in [0.4, 0.5) is 0 Å². The van der Waals surface area contributed by atoms with Gasteiger partial charge in [0.05, 0.1) is 17.5 Å². The van der Waals surface area contributed by atoms with E-state index in [2.05, 4.69) is 22.5 Å². The summed E-state index contributed by atoms with van der Waals surface area (Å²) in [6, 6.07) is 8.00. The zero-order valence-electron chi connectivity index (χ0n) is 12.3. The summed E-state index contributed by atoms with van der Waals surface area (Å²) in [6.07, 6.45) is 2.67. The van der Waals surface area contributed by atoms with Crippen LogP contribution in [0.25, 0.3) is 11.0 Å². The molecule has 0 aliphatic rings. The monoisotopic (exact) mass is 273 g/mol. The van der Waals surface area contributed by atoms with Crippen molar-refractivity contribution >= 4 is 16.8 Å². The van der Waals surface area contributed by atoms with Crippen molar-refractivity contribution < 1.29 is 4.79 Å². The zero-order valence-corrected chi connectivity index (χ0v) is 12.3. The number of Topliss-reactive ketones (excluding diaryl/α,β-unsaturated/α-hetero) is 1. The smallest absolute Gasteiger partial charge is 0.141 e. The minimum absolute atomic E-state index is 0.0356. The van der Waals surface area contributed by atoms with Crippen LogP contribution in [0.3, 0.4) is 0 Å². The molecule has 0 aliphatic heterocycles. The second-order valence-corrected chi connectivity index (χ2v) is 5.26. The van der Waals surface area contributed by atoms with E-state index in [4.69, 9.17) is 5.73 Å². The van der Waals surface area contributed by atoms with E-state index in [0.717, 1.165) is 36.2 Å². The lowest BCUT2D eigenvalue weighted by atomic mass is 10.1. The van der Waals surface area contributed by atoms with Gasteiger partial charge in [-0.25, -0.2) is 4.98 Å². The molecule has 0 saturated heterocycles. The van der Waals surface area contributed by atoms with Gasteiger partial charge in [0.1, 0.15) is 11.6 Å². The number of hydrogen-bond donors (Lipinski definition) is 1. The van der Waals surface area contributed by atoms with E-state index >= 15 is 0 Å². The van der Waals surface area contributed by atoms with E-state index < -0.39 is 0 Å². The lowest BCUT2D eigenvalue weighted by Crippen LogP contribution is -2.24. The average Bonchev–Trinajstić information content (AvgIpc) is 2.77. The number of hydrogen-bond acceptors (Lipinski definition) is 3. The summed E-state index contributed by atoms with van der Waals surface area (Å²) in [5.41, 5.74) is 7.92. The normalized spacial score (nSPS) is 12.8. The molecule has 1 heterocycles. The van der Waals surface area contributed by atoms with Gasteiger partial charge in [-0.05, 0) is 25.0 Å². The molecule has 4 heteroatoms. The van der Waals surface area contributed by atoms with Crippen molar-refractivity contribution in [2.75, 3.05) is 0 Å². The Labute approximate surface area is 120 Å². The molecule has 0 radical (unpaired) electrons. The zero-order chi connectivity index (χ0) is 14.5. The third kappa shape index (κ3) is 3.25. The molecule has 1 aromatic heterocycles. The maximum Gasteiger partial charge on any atom is 0.141 e. The van der Waals surface area contributed by atoms with E-state index in [-0.39, 0.29) is 11.8 Å². The number of nitrogens with zero attached hydrogens (tertiary/aromatic N) is 2. The molecule has 0 saturated carbocycles. The van der Waals surface area contributed by atoms with Crippen LogP contribution >= 0.6 is 0 Å². The van der Waals surface area contributed by atoms with Gasteiger partial charge in [0, 0.05) is 19.0 Å². The number of ketones is 1. The average molecular weight is 273 g/mol. The van der Waals surface area contributed by atoms with Gasteiger partial charge in [0.2, 0.25) is 0 Å². The number of para-hydroxylation sites is 2. The molecular formula is C16H23N3O. The first-order valence-electron chi connectivity index (χ1n) is 7.37. The van der Waals surface area contributed by atoms with E-state index in [0.29, 0.717) is 12.8 Å². The Balaban J connectivity index is 2.24. The fourth-order valence-electron chi connectivity index (χ4n) is 2.42. The van der Waals surface area contributed by atoms with Gasteiger partial charge in [-0.3, -0.25) is 4.79 Å². The number of rotatable bonds is 7. The molecule has 1 unspecified atom stereocenters. The van der Waals surface area contributed by atoms with Crippen molar-refractivity contribution in [3.05, 3.63) is 30.1 Å². The number of benzene rings is 1. The summed E-state index contributed by atoms with van der Waals surface area (Å²) in [4.78, 5) is 16.7. The van der Waals surface area contributed by atoms with Gasteiger partial charge in [-0.15, -0.1) is 0 Å². The number of nitrogens with two attached hydrogens (primary N) is 1. The summed E-state index contributed by atoms with van der Waals surface area (Å²) in [6.45, 7) is 5.03. The fraction of sp³-hybridized carbons (Fsp3) is 0.500. The molecule has 0 aliphatic carbocycles. The molecule has 2 N–H and O–H groups in total. The van der Waals surface area contributed by atoms with Crippen LogP contribution in [0, 0.1) is 0 Å². The highest BCUT2D eigenvalue weighted by Crippen LogP contribution is 2.17. The van der Waals surface area contributed by atoms with Gasteiger partial charge in [0.15, 0.2) is 0 Å². The highest BCUT2D eigenvalue weighted by atomic mass is 16.1. The molecule has 2 aromatic rings. The van der Waals surface area contributed by atoms with Gasteiger partial charge in [0.25, 0.3) is 0 Å². The molecule has 1 atom stereocenters. The summed E-state index contributed by atoms with van der Waals surface area (Å²) in [5, 5.41) is 0. The second-order valence-electron chi connectivity index (χ2n) is 5.26. The predicted octanol–water partition coefficient (Wildman–Crippen LogP) is 2.69. The van der Waals surface area contributed by atoms with Crippen LogP contribution < -0.4 is 5.73 Å². The Hall–Kier alpha value is -1.68. The first-order valence-corrected chi connectivity index (χ1v) is 7.37. The van der Waals surface area contributed by atoms with Crippen LogP contribution in [0.1, 0.15) is 38.9 Å². The van der Waals surface area contributed by atoms with Crippen LogP contribution in [0.5, 0.6) is 0 Å². The molecule has 0 amide bonds. The van der Waals surface area contributed by atoms with Gasteiger partial charge in [-0.1, -0.05) is 26.0 Å². The van der Waals surface area contributed by atoms with E-state index in [1.807, 2.05) is 25.1 Å². The van der Waals surface area contributed by atoms with E-state index in [9.17, 15) is 4.79 Å². The number of carbonyl (C=O) groups excluding carboxylic acids is 1. The number of imidazole rings is 1. The number of aryl methyl sites for hydroxylation is 1. The maximum atomic E-state index is 12.1. The Morgan fingerprint density at radius 3 is 2.80 bits per heavy atom. The lowest BCUT2D eigenvalue weighted by Gasteiger charge is -2.09. The van der Waals surface area contributed by atoms with Gasteiger partial charge in [-0.2, -0.15) is 0 Å². The van der Waals surface area contributed by atoms with Gasteiger partial charge < -0.3 is 10.3 Å². The minimum Gasteiger partial charge on any atom is -0.328 e. The van der Waals surface area contributed by atoms with Crippen LogP contribution in [-0.2, 0) is 17.8 Å². The third-order valence-electron chi connectivity index (χ3n) is 3.55. The van der Waals surface area contributed by atoms with Crippen molar-refractivity contribution in [2.45, 2.75) is 52.1 Å². The quantitative estimate of drug-likeness (QED) is 0.843. The molecule has 4 nitrogen and oxygen atoms in total. The van der Waals surface area contributed by atoms with Crippen LogP contribution in [0.2, 0.25) is 0 Å². The van der Waals surface area contributed by atoms with Crippen molar-refractivity contribution in [3.63, 3.8) is 0 Å². The first kappa shape index (κ1) is 14.7. The largest absolute Gasteiger partial charge is 0.328 e. The fourth-order valence-corrected chi connectivity index (χ4v) is 2.42. The summed E-state index contributed by atoms with van der Waals surface area (Å²) < 4.78 is 2.16. The molecule has 0 fully saturated rings. The van der Waals surface area contributed by atoms with E-state index in [1.165, 1.54) is 0 Å². The topological polar surface area (TPSA) is 60.9 Å².